The number of hydrogen-bond donors (Lipinski definition) is 0. The first kappa shape index (κ1) is 21.9. The maximum atomic E-state index is 12.9. The SMILES string of the molecule is C=C/C(=C\N(C)c1ccccc1)c1nc(C(=O)N(C)C(CCC)CCC)cs1. The minimum absolute atomic E-state index is 0.00535. The zero-order chi connectivity index (χ0) is 20.5. The fourth-order valence-electron chi connectivity index (χ4n) is 3.19. The molecule has 0 radical (unpaired) electrons. The molecule has 1 aromatic heterocycles. The number of thiazole rings is 1. The fourth-order valence-corrected chi connectivity index (χ4v) is 3.99. The molecule has 28 heavy (non-hydrogen) atoms. The summed E-state index contributed by atoms with van der Waals surface area (Å²) in [6.45, 7) is 8.24. The van der Waals surface area contributed by atoms with Crippen molar-refractivity contribution in [3.05, 3.63) is 65.3 Å². The van der Waals surface area contributed by atoms with Crippen molar-refractivity contribution in [1.29, 1.82) is 0 Å². The lowest BCUT2D eigenvalue weighted by atomic mass is 10.1. The molecule has 0 bridgehead atoms. The van der Waals surface area contributed by atoms with Crippen LogP contribution in [0.15, 0.2) is 54.6 Å². The van der Waals surface area contributed by atoms with Crippen molar-refractivity contribution in [3.63, 3.8) is 0 Å². The van der Waals surface area contributed by atoms with Gasteiger partial charge in [0, 0.05) is 43.0 Å². The van der Waals surface area contributed by atoms with Gasteiger partial charge in [-0.15, -0.1) is 11.3 Å². The summed E-state index contributed by atoms with van der Waals surface area (Å²) in [6.07, 6.45) is 7.96. The summed E-state index contributed by atoms with van der Waals surface area (Å²) in [6, 6.07) is 10.4. The largest absolute Gasteiger partial charge is 0.350 e. The van der Waals surface area contributed by atoms with Crippen LogP contribution < -0.4 is 4.90 Å². The molecule has 0 atom stereocenters. The van der Waals surface area contributed by atoms with Crippen molar-refractivity contribution in [2.45, 2.75) is 45.6 Å². The number of para-hydroxylation sites is 1. The lowest BCUT2D eigenvalue weighted by molar-refractivity contribution is 0.0709. The van der Waals surface area contributed by atoms with Gasteiger partial charge in [0.15, 0.2) is 0 Å². The molecule has 2 rings (SSSR count). The van der Waals surface area contributed by atoms with Crippen LogP contribution >= 0.6 is 11.3 Å². The lowest BCUT2D eigenvalue weighted by Gasteiger charge is -2.27. The molecule has 0 aliphatic heterocycles. The molecular formula is C23H31N3OS. The van der Waals surface area contributed by atoms with E-state index in [1.165, 1.54) is 11.3 Å². The van der Waals surface area contributed by atoms with Crippen molar-refractivity contribution in [2.75, 3.05) is 19.0 Å². The zero-order valence-electron chi connectivity index (χ0n) is 17.4. The number of carbonyl (C=O) groups excluding carboxylic acids is 1. The molecule has 0 saturated carbocycles. The van der Waals surface area contributed by atoms with Crippen LogP contribution in [0.25, 0.3) is 5.57 Å². The first-order chi connectivity index (χ1) is 13.5. The summed E-state index contributed by atoms with van der Waals surface area (Å²) < 4.78 is 0. The van der Waals surface area contributed by atoms with Crippen molar-refractivity contribution >= 4 is 28.5 Å². The van der Waals surface area contributed by atoms with E-state index in [9.17, 15) is 4.79 Å². The topological polar surface area (TPSA) is 36.4 Å². The molecule has 0 N–H and O–H groups in total. The summed E-state index contributed by atoms with van der Waals surface area (Å²) in [5, 5.41) is 2.65. The van der Waals surface area contributed by atoms with Crippen LogP contribution in [0.2, 0.25) is 0 Å². The third-order valence-corrected chi connectivity index (χ3v) is 5.69. The van der Waals surface area contributed by atoms with Crippen LogP contribution in [0.1, 0.15) is 55.0 Å². The first-order valence-corrected chi connectivity index (χ1v) is 10.7. The van der Waals surface area contributed by atoms with E-state index in [0.29, 0.717) is 5.69 Å². The average Bonchev–Trinajstić information content (AvgIpc) is 3.21. The van der Waals surface area contributed by atoms with E-state index in [0.717, 1.165) is 42.0 Å². The second-order valence-electron chi connectivity index (χ2n) is 6.92. The van der Waals surface area contributed by atoms with Crippen molar-refractivity contribution in [3.8, 4) is 0 Å². The van der Waals surface area contributed by atoms with E-state index in [2.05, 4.69) is 25.4 Å². The summed E-state index contributed by atoms with van der Waals surface area (Å²) in [5.74, 6) is -0.00535. The third-order valence-electron chi connectivity index (χ3n) is 4.80. The lowest BCUT2D eigenvalue weighted by Crippen LogP contribution is -2.37. The Morgan fingerprint density at radius 3 is 2.39 bits per heavy atom. The van der Waals surface area contributed by atoms with Crippen molar-refractivity contribution in [2.24, 2.45) is 0 Å². The second kappa shape index (κ2) is 10.8. The number of rotatable bonds is 10. The fraction of sp³-hybridized carbons (Fsp3) is 0.391. The number of amides is 1. The number of carbonyl (C=O) groups is 1. The number of nitrogens with zero attached hydrogens (tertiary/aromatic N) is 3. The van der Waals surface area contributed by atoms with E-state index in [1.54, 1.807) is 6.08 Å². The van der Waals surface area contributed by atoms with Crippen molar-refractivity contribution < 1.29 is 4.79 Å². The Kier molecular flexibility index (Phi) is 8.45. The smallest absolute Gasteiger partial charge is 0.273 e. The highest BCUT2D eigenvalue weighted by molar-refractivity contribution is 7.11. The van der Waals surface area contributed by atoms with Crippen LogP contribution in [0.5, 0.6) is 0 Å². The van der Waals surface area contributed by atoms with Gasteiger partial charge in [-0.2, -0.15) is 0 Å². The van der Waals surface area contributed by atoms with Gasteiger partial charge < -0.3 is 9.80 Å². The Hall–Kier alpha value is -2.40. The number of allylic oxidation sites excluding steroid dienone is 2. The van der Waals surface area contributed by atoms with Crippen LogP contribution in [0, 0.1) is 0 Å². The van der Waals surface area contributed by atoms with Gasteiger partial charge in [0.2, 0.25) is 0 Å². The van der Waals surface area contributed by atoms with E-state index in [4.69, 9.17) is 0 Å². The molecule has 0 spiro atoms. The maximum Gasteiger partial charge on any atom is 0.273 e. The molecule has 1 heterocycles. The molecule has 4 nitrogen and oxygen atoms in total. The Morgan fingerprint density at radius 2 is 1.82 bits per heavy atom. The third kappa shape index (κ3) is 5.55. The predicted molar refractivity (Wildman–Crippen MR) is 121 cm³/mol. The van der Waals surface area contributed by atoms with Crippen LogP contribution in [-0.4, -0.2) is 35.9 Å². The van der Waals surface area contributed by atoms with Gasteiger partial charge in [0.05, 0.1) is 0 Å². The van der Waals surface area contributed by atoms with Gasteiger partial charge >= 0.3 is 0 Å². The number of benzene rings is 1. The molecule has 1 amide bonds. The Bertz CT molecular complexity index is 791. The highest BCUT2D eigenvalue weighted by atomic mass is 32.1. The second-order valence-corrected chi connectivity index (χ2v) is 7.78. The molecule has 150 valence electrons. The van der Waals surface area contributed by atoms with Crippen LogP contribution in [0.4, 0.5) is 5.69 Å². The number of aromatic nitrogens is 1. The predicted octanol–water partition coefficient (Wildman–Crippen LogP) is 5.85. The van der Waals surface area contributed by atoms with Crippen molar-refractivity contribution in [1.82, 2.24) is 9.88 Å². The standard InChI is InChI=1S/C23H31N3OS/c1-6-12-20(13-7-2)26(5)23(27)21-17-28-22(24-21)18(8-3)16-25(4)19-14-10-9-11-15-19/h8-11,14-17,20H,3,6-7,12-13H2,1-2,4-5H3/b18-16+. The van der Waals surface area contributed by atoms with E-state index in [1.807, 2.05) is 65.8 Å². The van der Waals surface area contributed by atoms with E-state index < -0.39 is 0 Å². The quantitative estimate of drug-likeness (QED) is 0.472. The molecular weight excluding hydrogens is 366 g/mol. The molecule has 0 fully saturated rings. The molecule has 0 unspecified atom stereocenters. The molecule has 1 aromatic carbocycles. The van der Waals surface area contributed by atoms with Gasteiger partial charge in [-0.1, -0.05) is 57.5 Å². The van der Waals surface area contributed by atoms with Gasteiger partial charge in [0.1, 0.15) is 10.7 Å². The van der Waals surface area contributed by atoms with Crippen LogP contribution in [0.3, 0.4) is 0 Å². The van der Waals surface area contributed by atoms with Gasteiger partial charge in [-0.05, 0) is 25.0 Å². The maximum absolute atomic E-state index is 12.9. The number of anilines is 1. The summed E-state index contributed by atoms with van der Waals surface area (Å²) in [5.41, 5.74) is 2.49. The highest BCUT2D eigenvalue weighted by Gasteiger charge is 2.22. The minimum Gasteiger partial charge on any atom is -0.350 e. The zero-order valence-corrected chi connectivity index (χ0v) is 18.2. The van der Waals surface area contributed by atoms with Gasteiger partial charge in [0.25, 0.3) is 5.91 Å². The summed E-state index contributed by atoms with van der Waals surface area (Å²) >= 11 is 1.48. The Labute approximate surface area is 173 Å². The van der Waals surface area contributed by atoms with E-state index in [-0.39, 0.29) is 11.9 Å². The molecule has 5 heteroatoms. The minimum atomic E-state index is -0.00535. The average molecular weight is 398 g/mol. The summed E-state index contributed by atoms with van der Waals surface area (Å²) in [4.78, 5) is 21.4. The highest BCUT2D eigenvalue weighted by Crippen LogP contribution is 2.24. The molecule has 0 aliphatic rings. The summed E-state index contributed by atoms with van der Waals surface area (Å²) in [7, 11) is 3.89. The molecule has 2 aromatic rings. The molecule has 0 saturated heterocycles. The molecule has 0 aliphatic carbocycles. The normalized spacial score (nSPS) is 11.5. The van der Waals surface area contributed by atoms with Gasteiger partial charge in [-0.3, -0.25) is 4.79 Å². The Morgan fingerprint density at radius 1 is 1.18 bits per heavy atom. The Balaban J connectivity index is 2.19. The van der Waals surface area contributed by atoms with Crippen LogP contribution in [-0.2, 0) is 0 Å². The van der Waals surface area contributed by atoms with Gasteiger partial charge in [-0.25, -0.2) is 4.98 Å². The first-order valence-electron chi connectivity index (χ1n) is 9.86. The number of hydrogen-bond acceptors (Lipinski definition) is 4. The van der Waals surface area contributed by atoms with E-state index >= 15 is 0 Å². The monoisotopic (exact) mass is 397 g/mol.